The number of amides is 1. The third kappa shape index (κ3) is 4.62. The minimum atomic E-state index is -0.395. The molecule has 0 fully saturated rings. The number of fused-ring (bicyclic) bond motifs is 1. The van der Waals surface area contributed by atoms with Crippen LogP contribution >= 0.6 is 11.3 Å². The summed E-state index contributed by atoms with van der Waals surface area (Å²) < 4.78 is 10.7. The van der Waals surface area contributed by atoms with Crippen molar-refractivity contribution in [1.29, 1.82) is 0 Å². The van der Waals surface area contributed by atoms with Crippen LogP contribution in [0.3, 0.4) is 0 Å². The number of nitrogens with one attached hydrogen (secondary N) is 1. The summed E-state index contributed by atoms with van der Waals surface area (Å²) in [7, 11) is 1.36. The van der Waals surface area contributed by atoms with Crippen molar-refractivity contribution in [1.82, 2.24) is 0 Å². The van der Waals surface area contributed by atoms with Crippen LogP contribution in [-0.2, 0) is 22.4 Å². The van der Waals surface area contributed by atoms with Gasteiger partial charge in [0.15, 0.2) is 0 Å². The highest BCUT2D eigenvalue weighted by Gasteiger charge is 2.27. The van der Waals surface area contributed by atoms with Crippen molar-refractivity contribution in [3.05, 3.63) is 51.9 Å². The molecular weight excluding hydrogens is 374 g/mol. The molecule has 0 bridgehead atoms. The number of hydrogen-bond donors (Lipinski definition) is 1. The number of para-hydroxylation sites is 1. The van der Waals surface area contributed by atoms with Crippen LogP contribution in [0.25, 0.3) is 6.08 Å². The lowest BCUT2D eigenvalue weighted by atomic mass is 10.1. The van der Waals surface area contributed by atoms with Gasteiger partial charge in [-0.1, -0.05) is 31.5 Å². The predicted octanol–water partition coefficient (Wildman–Crippen LogP) is 4.85. The van der Waals surface area contributed by atoms with E-state index in [1.54, 1.807) is 6.08 Å². The Labute approximate surface area is 169 Å². The van der Waals surface area contributed by atoms with Crippen molar-refractivity contribution in [2.75, 3.05) is 19.0 Å². The van der Waals surface area contributed by atoms with Crippen molar-refractivity contribution in [3.63, 3.8) is 0 Å². The largest absolute Gasteiger partial charge is 0.493 e. The second-order valence-electron chi connectivity index (χ2n) is 6.62. The molecule has 6 heteroatoms. The van der Waals surface area contributed by atoms with Crippen LogP contribution in [0.1, 0.15) is 52.5 Å². The van der Waals surface area contributed by atoms with E-state index in [9.17, 15) is 9.59 Å². The van der Waals surface area contributed by atoms with Gasteiger partial charge < -0.3 is 14.8 Å². The van der Waals surface area contributed by atoms with Gasteiger partial charge in [0.2, 0.25) is 5.91 Å². The van der Waals surface area contributed by atoms with Gasteiger partial charge in [0.05, 0.1) is 19.3 Å². The molecule has 0 spiro atoms. The zero-order chi connectivity index (χ0) is 19.9. The molecule has 0 radical (unpaired) electrons. The number of unbranched alkanes of at least 4 members (excludes halogenated alkanes) is 1. The number of esters is 1. The number of carbonyl (C=O) groups is 2. The van der Waals surface area contributed by atoms with Crippen molar-refractivity contribution in [2.45, 2.75) is 39.0 Å². The maximum Gasteiger partial charge on any atom is 0.341 e. The van der Waals surface area contributed by atoms with E-state index in [0.29, 0.717) is 17.2 Å². The van der Waals surface area contributed by atoms with Crippen LogP contribution in [0.2, 0.25) is 0 Å². The van der Waals surface area contributed by atoms with E-state index < -0.39 is 5.97 Å². The van der Waals surface area contributed by atoms with Gasteiger partial charge in [-0.05, 0) is 43.4 Å². The molecule has 1 N–H and O–H groups in total. The molecule has 0 saturated carbocycles. The molecule has 0 atom stereocenters. The number of anilines is 1. The first-order chi connectivity index (χ1) is 13.6. The van der Waals surface area contributed by atoms with Gasteiger partial charge >= 0.3 is 5.97 Å². The Morgan fingerprint density at radius 1 is 1.25 bits per heavy atom. The van der Waals surface area contributed by atoms with E-state index in [-0.39, 0.29) is 5.91 Å². The minimum Gasteiger partial charge on any atom is -0.493 e. The maximum atomic E-state index is 12.5. The third-order valence-electron chi connectivity index (χ3n) is 4.64. The van der Waals surface area contributed by atoms with Gasteiger partial charge in [0, 0.05) is 16.5 Å². The molecule has 1 aliphatic carbocycles. The summed E-state index contributed by atoms with van der Waals surface area (Å²) in [5, 5.41) is 3.42. The molecule has 1 amide bonds. The van der Waals surface area contributed by atoms with Crippen molar-refractivity contribution < 1.29 is 19.1 Å². The van der Waals surface area contributed by atoms with Gasteiger partial charge in [-0.3, -0.25) is 4.79 Å². The fourth-order valence-corrected chi connectivity index (χ4v) is 4.49. The SMILES string of the molecule is CCCCOc1ccccc1C=CC(=O)Nc1sc2c(c1C(=O)OC)CCC2. The first-order valence-electron chi connectivity index (χ1n) is 9.57. The minimum absolute atomic E-state index is 0.284. The van der Waals surface area contributed by atoms with Crippen molar-refractivity contribution in [2.24, 2.45) is 0 Å². The lowest BCUT2D eigenvalue weighted by molar-refractivity contribution is -0.111. The van der Waals surface area contributed by atoms with Crippen LogP contribution in [0, 0.1) is 0 Å². The standard InChI is InChI=1S/C22H25NO4S/c1-3-4-14-27-17-10-6-5-8-15(17)12-13-19(24)23-21-20(22(25)26-2)16-9-7-11-18(16)28-21/h5-6,8,10,12-13H,3-4,7,9,11,14H2,1-2H3,(H,23,24). The summed E-state index contributed by atoms with van der Waals surface area (Å²) in [5.74, 6) is 0.0761. The first-order valence-corrected chi connectivity index (χ1v) is 10.4. The first kappa shape index (κ1) is 20.1. The number of benzene rings is 1. The van der Waals surface area contributed by atoms with Crippen LogP contribution in [-0.4, -0.2) is 25.6 Å². The quantitative estimate of drug-likeness (QED) is 0.391. The van der Waals surface area contributed by atoms with E-state index in [0.717, 1.165) is 53.9 Å². The van der Waals surface area contributed by atoms with Gasteiger partial charge in [-0.25, -0.2) is 4.79 Å². The van der Waals surface area contributed by atoms with Crippen LogP contribution in [0.15, 0.2) is 30.3 Å². The Kier molecular flexibility index (Phi) is 6.87. The summed E-state index contributed by atoms with van der Waals surface area (Å²) in [4.78, 5) is 25.8. The molecule has 28 heavy (non-hydrogen) atoms. The number of hydrogen-bond acceptors (Lipinski definition) is 5. The van der Waals surface area contributed by atoms with E-state index >= 15 is 0 Å². The van der Waals surface area contributed by atoms with Crippen molar-refractivity contribution in [3.8, 4) is 5.75 Å². The van der Waals surface area contributed by atoms with Gasteiger partial charge in [-0.2, -0.15) is 0 Å². The number of methoxy groups -OCH3 is 1. The van der Waals surface area contributed by atoms with Gasteiger partial charge in [0.1, 0.15) is 10.8 Å². The maximum absolute atomic E-state index is 12.5. The molecular formula is C22H25NO4S. The zero-order valence-corrected chi connectivity index (χ0v) is 17.1. The van der Waals surface area contributed by atoms with Crippen LogP contribution < -0.4 is 10.1 Å². The van der Waals surface area contributed by atoms with E-state index in [1.807, 2.05) is 24.3 Å². The number of carbonyl (C=O) groups excluding carboxylic acids is 2. The molecule has 1 aromatic carbocycles. The molecule has 148 valence electrons. The molecule has 0 aliphatic heterocycles. The molecule has 1 aliphatic rings. The monoisotopic (exact) mass is 399 g/mol. The number of rotatable bonds is 8. The van der Waals surface area contributed by atoms with Crippen LogP contribution in [0.4, 0.5) is 5.00 Å². The molecule has 0 unspecified atom stereocenters. The number of aryl methyl sites for hydroxylation is 1. The molecule has 2 aromatic rings. The number of ether oxygens (including phenoxy) is 2. The molecule has 3 rings (SSSR count). The van der Waals surface area contributed by atoms with E-state index in [4.69, 9.17) is 9.47 Å². The van der Waals surface area contributed by atoms with Gasteiger partial charge in [0.25, 0.3) is 0 Å². The summed E-state index contributed by atoms with van der Waals surface area (Å²) in [6.45, 7) is 2.76. The smallest absolute Gasteiger partial charge is 0.341 e. The Hall–Kier alpha value is -2.60. The summed E-state index contributed by atoms with van der Waals surface area (Å²) in [5.41, 5.74) is 2.37. The summed E-state index contributed by atoms with van der Waals surface area (Å²) in [6.07, 6.45) is 8.08. The Balaban J connectivity index is 1.73. The second kappa shape index (κ2) is 9.55. The second-order valence-corrected chi connectivity index (χ2v) is 7.72. The summed E-state index contributed by atoms with van der Waals surface area (Å²) in [6, 6.07) is 7.62. The predicted molar refractivity (Wildman–Crippen MR) is 112 cm³/mol. The molecule has 1 heterocycles. The normalized spacial score (nSPS) is 12.8. The molecule has 5 nitrogen and oxygen atoms in total. The molecule has 0 saturated heterocycles. The zero-order valence-electron chi connectivity index (χ0n) is 16.2. The lowest BCUT2D eigenvalue weighted by Gasteiger charge is -2.08. The fourth-order valence-electron chi connectivity index (χ4n) is 3.21. The average molecular weight is 400 g/mol. The van der Waals surface area contributed by atoms with Crippen molar-refractivity contribution >= 4 is 34.3 Å². The van der Waals surface area contributed by atoms with E-state index in [2.05, 4.69) is 12.2 Å². The average Bonchev–Trinajstić information content (AvgIpc) is 3.27. The highest BCUT2D eigenvalue weighted by molar-refractivity contribution is 7.17. The molecule has 1 aromatic heterocycles. The Morgan fingerprint density at radius 2 is 2.07 bits per heavy atom. The lowest BCUT2D eigenvalue weighted by Crippen LogP contribution is -2.12. The summed E-state index contributed by atoms with van der Waals surface area (Å²) >= 11 is 1.47. The third-order valence-corrected chi connectivity index (χ3v) is 5.84. The Bertz CT molecular complexity index is 885. The highest BCUT2D eigenvalue weighted by Crippen LogP contribution is 2.39. The van der Waals surface area contributed by atoms with Crippen LogP contribution in [0.5, 0.6) is 5.75 Å². The topological polar surface area (TPSA) is 64.6 Å². The van der Waals surface area contributed by atoms with Gasteiger partial charge in [-0.15, -0.1) is 11.3 Å². The highest BCUT2D eigenvalue weighted by atomic mass is 32.1. The number of thiophene rings is 1. The Morgan fingerprint density at radius 3 is 2.86 bits per heavy atom. The van der Waals surface area contributed by atoms with E-state index in [1.165, 1.54) is 24.5 Å². The fraction of sp³-hybridized carbons (Fsp3) is 0.364.